The number of hydrazine groups is 1. The molecule has 0 aliphatic carbocycles. The molecule has 0 atom stereocenters. The second-order valence-electron chi connectivity index (χ2n) is 6.62. The highest BCUT2D eigenvalue weighted by atomic mass is 32.1. The fourth-order valence-electron chi connectivity index (χ4n) is 2.93. The fourth-order valence-corrected chi connectivity index (χ4v) is 3.09. The molecule has 0 radical (unpaired) electrons. The summed E-state index contributed by atoms with van der Waals surface area (Å²) >= 11 is 5.20. The second kappa shape index (κ2) is 9.93. The second-order valence-corrected chi connectivity index (χ2v) is 7.03. The van der Waals surface area contributed by atoms with Gasteiger partial charge in [-0.05, 0) is 55.0 Å². The molecule has 150 valence electrons. The van der Waals surface area contributed by atoms with Crippen molar-refractivity contribution >= 4 is 34.1 Å². The molecule has 3 N–H and O–H groups in total. The molecule has 29 heavy (non-hydrogen) atoms. The molecule has 0 spiro atoms. The number of aromatic nitrogens is 1. The Hall–Kier alpha value is -3.06. The highest BCUT2D eigenvalue weighted by Gasteiger charge is 2.14. The van der Waals surface area contributed by atoms with Crippen LogP contribution in [0.4, 0.5) is 4.39 Å². The van der Waals surface area contributed by atoms with Crippen LogP contribution in [0.5, 0.6) is 0 Å². The normalized spacial score (nSPS) is 10.6. The zero-order valence-electron chi connectivity index (χ0n) is 16.2. The highest BCUT2D eigenvalue weighted by molar-refractivity contribution is 7.80. The van der Waals surface area contributed by atoms with Crippen molar-refractivity contribution in [2.24, 2.45) is 0 Å². The summed E-state index contributed by atoms with van der Waals surface area (Å²) in [4.78, 5) is 17.4. The lowest BCUT2D eigenvalue weighted by molar-refractivity contribution is 0.0945. The van der Waals surface area contributed by atoms with E-state index in [1.807, 2.05) is 24.3 Å². The summed E-state index contributed by atoms with van der Waals surface area (Å²) in [5, 5.41) is 4.15. The molecular formula is C22H23FN4OS. The lowest BCUT2D eigenvalue weighted by Crippen LogP contribution is -2.47. The van der Waals surface area contributed by atoms with E-state index in [9.17, 15) is 9.18 Å². The first-order chi connectivity index (χ1) is 14.1. The Balaban J connectivity index is 1.79. The molecule has 0 aliphatic heterocycles. The number of pyridine rings is 1. The Kier molecular flexibility index (Phi) is 7.08. The van der Waals surface area contributed by atoms with Crippen LogP contribution in [0.1, 0.15) is 36.5 Å². The van der Waals surface area contributed by atoms with Gasteiger partial charge >= 0.3 is 0 Å². The quantitative estimate of drug-likeness (QED) is 0.320. The number of rotatable bonds is 6. The first-order valence-electron chi connectivity index (χ1n) is 9.58. The highest BCUT2D eigenvalue weighted by Crippen LogP contribution is 2.25. The molecule has 3 aromatic rings. The number of hydrogen-bond donors (Lipinski definition) is 3. The third kappa shape index (κ3) is 5.48. The molecule has 1 amide bonds. The van der Waals surface area contributed by atoms with E-state index in [1.165, 1.54) is 12.1 Å². The first-order valence-corrected chi connectivity index (χ1v) is 9.99. The molecular weight excluding hydrogens is 387 g/mol. The van der Waals surface area contributed by atoms with E-state index in [-0.39, 0.29) is 11.7 Å². The number of amides is 1. The average molecular weight is 411 g/mol. The minimum atomic E-state index is -0.329. The Morgan fingerprint density at radius 2 is 1.83 bits per heavy atom. The van der Waals surface area contributed by atoms with Crippen LogP contribution >= 0.6 is 12.2 Å². The number of nitrogens with zero attached hydrogens (tertiary/aromatic N) is 1. The number of para-hydroxylation sites is 1. The van der Waals surface area contributed by atoms with E-state index in [2.05, 4.69) is 28.1 Å². The Morgan fingerprint density at radius 3 is 2.59 bits per heavy atom. The van der Waals surface area contributed by atoms with Crippen molar-refractivity contribution in [1.29, 1.82) is 0 Å². The number of nitrogens with one attached hydrogen (secondary N) is 3. The van der Waals surface area contributed by atoms with Gasteiger partial charge in [-0.25, -0.2) is 9.37 Å². The van der Waals surface area contributed by atoms with Crippen LogP contribution in [-0.2, 0) is 0 Å². The van der Waals surface area contributed by atoms with Crippen LogP contribution in [0.2, 0.25) is 0 Å². The van der Waals surface area contributed by atoms with E-state index < -0.39 is 0 Å². The number of fused-ring (bicyclic) bond motifs is 1. The smallest absolute Gasteiger partial charge is 0.270 e. The minimum Gasteiger partial charge on any atom is -0.361 e. The van der Waals surface area contributed by atoms with Crippen molar-refractivity contribution in [1.82, 2.24) is 21.2 Å². The topological polar surface area (TPSA) is 66.0 Å². The van der Waals surface area contributed by atoms with E-state index >= 15 is 0 Å². The molecule has 0 fully saturated rings. The average Bonchev–Trinajstić information content (AvgIpc) is 2.75. The van der Waals surface area contributed by atoms with Gasteiger partial charge in [0.1, 0.15) is 5.82 Å². The van der Waals surface area contributed by atoms with Crippen LogP contribution in [-0.4, -0.2) is 22.5 Å². The lowest BCUT2D eigenvalue weighted by Gasteiger charge is -2.13. The molecule has 2 aromatic carbocycles. The number of hydrogen-bond acceptors (Lipinski definition) is 3. The van der Waals surface area contributed by atoms with Crippen molar-refractivity contribution < 1.29 is 9.18 Å². The van der Waals surface area contributed by atoms with Crippen molar-refractivity contribution in [2.75, 3.05) is 6.54 Å². The van der Waals surface area contributed by atoms with Crippen LogP contribution in [0.3, 0.4) is 0 Å². The van der Waals surface area contributed by atoms with Gasteiger partial charge in [-0.2, -0.15) is 0 Å². The SMILES string of the molecule is CCCCCNC(=S)NNC(=O)c1cc(-c2ccc(F)cc2)nc2ccccc12. The maximum atomic E-state index is 13.3. The predicted molar refractivity (Wildman–Crippen MR) is 118 cm³/mol. The standard InChI is InChI=1S/C22H23FN4OS/c1-2-3-6-13-24-22(29)27-26-21(28)18-14-20(15-9-11-16(23)12-10-15)25-19-8-5-4-7-17(18)19/h4-5,7-12,14H,2-3,6,13H2,1H3,(H,26,28)(H2,24,27,29). The summed E-state index contributed by atoms with van der Waals surface area (Å²) in [6.45, 7) is 2.89. The third-order valence-corrected chi connectivity index (χ3v) is 4.70. The molecule has 0 bridgehead atoms. The molecule has 1 aromatic heterocycles. The van der Waals surface area contributed by atoms with Crippen molar-refractivity contribution in [3.8, 4) is 11.3 Å². The number of carbonyl (C=O) groups is 1. The third-order valence-electron chi connectivity index (χ3n) is 4.46. The van der Waals surface area contributed by atoms with Gasteiger partial charge in [0.25, 0.3) is 5.91 Å². The lowest BCUT2D eigenvalue weighted by atomic mass is 10.0. The van der Waals surface area contributed by atoms with Gasteiger partial charge < -0.3 is 5.32 Å². The summed E-state index contributed by atoms with van der Waals surface area (Å²) in [5.74, 6) is -0.652. The van der Waals surface area contributed by atoms with Gasteiger partial charge in [0.05, 0.1) is 16.8 Å². The van der Waals surface area contributed by atoms with Crippen molar-refractivity contribution in [2.45, 2.75) is 26.2 Å². The van der Waals surface area contributed by atoms with E-state index in [1.54, 1.807) is 18.2 Å². The van der Waals surface area contributed by atoms with E-state index in [0.29, 0.717) is 21.9 Å². The summed E-state index contributed by atoms with van der Waals surface area (Å²) in [6, 6.07) is 15.1. The molecule has 1 heterocycles. The predicted octanol–water partition coefficient (Wildman–Crippen LogP) is 4.34. The molecule has 5 nitrogen and oxygen atoms in total. The number of unbranched alkanes of at least 4 members (excludes halogenated alkanes) is 2. The van der Waals surface area contributed by atoms with Gasteiger partial charge in [-0.1, -0.05) is 38.0 Å². The van der Waals surface area contributed by atoms with Gasteiger partial charge in [0.2, 0.25) is 0 Å². The number of thiocarbonyl (C=S) groups is 1. The minimum absolute atomic E-state index is 0.323. The zero-order chi connectivity index (χ0) is 20.6. The summed E-state index contributed by atoms with van der Waals surface area (Å²) < 4.78 is 13.3. The Morgan fingerprint density at radius 1 is 1.07 bits per heavy atom. The summed E-state index contributed by atoms with van der Waals surface area (Å²) in [7, 11) is 0. The van der Waals surface area contributed by atoms with Gasteiger partial charge in [-0.15, -0.1) is 0 Å². The van der Waals surface area contributed by atoms with Crippen LogP contribution in [0.15, 0.2) is 54.6 Å². The van der Waals surface area contributed by atoms with Crippen molar-refractivity contribution in [3.63, 3.8) is 0 Å². The number of halogens is 1. The maximum Gasteiger partial charge on any atom is 0.270 e. The van der Waals surface area contributed by atoms with Gasteiger partial charge in [0, 0.05) is 17.5 Å². The molecule has 0 aliphatic rings. The first kappa shape index (κ1) is 20.7. The zero-order valence-corrected chi connectivity index (χ0v) is 17.0. The van der Waals surface area contributed by atoms with Crippen molar-refractivity contribution in [3.05, 3.63) is 66.0 Å². The van der Waals surface area contributed by atoms with Crippen LogP contribution in [0, 0.1) is 5.82 Å². The maximum absolute atomic E-state index is 13.3. The number of benzene rings is 2. The van der Waals surface area contributed by atoms with Gasteiger partial charge in [0.15, 0.2) is 5.11 Å². The molecule has 0 unspecified atom stereocenters. The summed E-state index contributed by atoms with van der Waals surface area (Å²) in [6.07, 6.45) is 3.27. The monoisotopic (exact) mass is 410 g/mol. The molecule has 0 saturated carbocycles. The van der Waals surface area contributed by atoms with Gasteiger partial charge in [-0.3, -0.25) is 15.6 Å². The fraction of sp³-hybridized carbons (Fsp3) is 0.227. The Bertz CT molecular complexity index is 1010. The largest absolute Gasteiger partial charge is 0.361 e. The van der Waals surface area contributed by atoms with Crippen LogP contribution < -0.4 is 16.2 Å². The van der Waals surface area contributed by atoms with Crippen LogP contribution in [0.25, 0.3) is 22.2 Å². The molecule has 7 heteroatoms. The van der Waals surface area contributed by atoms with E-state index in [4.69, 9.17) is 12.2 Å². The number of carbonyl (C=O) groups excluding carboxylic acids is 1. The van der Waals surface area contributed by atoms with E-state index in [0.717, 1.165) is 36.8 Å². The Labute approximate surface area is 174 Å². The molecule has 0 saturated heterocycles. The molecule has 3 rings (SSSR count). The summed E-state index contributed by atoms with van der Waals surface area (Å²) in [5.41, 5.74) is 7.84.